The van der Waals surface area contributed by atoms with E-state index in [9.17, 15) is 8.42 Å². The van der Waals surface area contributed by atoms with E-state index in [1.54, 1.807) is 15.7 Å². The van der Waals surface area contributed by atoms with Gasteiger partial charge in [0.25, 0.3) is 10.2 Å². The molecule has 2 aliphatic rings. The molecule has 0 spiro atoms. The van der Waals surface area contributed by atoms with Crippen LogP contribution in [0.2, 0.25) is 0 Å². The zero-order valence-corrected chi connectivity index (χ0v) is 14.5. The topological polar surface area (TPSA) is 66.6 Å². The minimum atomic E-state index is -3.40. The van der Waals surface area contributed by atoms with E-state index >= 15 is 0 Å². The zero-order chi connectivity index (χ0) is 15.7. The van der Waals surface area contributed by atoms with Crippen molar-refractivity contribution in [3.63, 3.8) is 0 Å². The van der Waals surface area contributed by atoms with Gasteiger partial charge in [0.15, 0.2) is 0 Å². The molecule has 1 unspecified atom stereocenters. The molecule has 2 rings (SSSR count). The monoisotopic (exact) mass is 317 g/mol. The summed E-state index contributed by atoms with van der Waals surface area (Å²) in [6.07, 6.45) is 5.96. The molecule has 0 aromatic carbocycles. The molecule has 21 heavy (non-hydrogen) atoms. The molecule has 1 saturated carbocycles. The highest BCUT2D eigenvalue weighted by molar-refractivity contribution is 7.86. The second-order valence-electron chi connectivity index (χ2n) is 7.19. The largest absolute Gasteiger partial charge is 0.329 e. The minimum Gasteiger partial charge on any atom is -0.329 e. The Bertz CT molecular complexity index is 444. The molecular formula is C15H31N3O2S. The molecule has 5 nitrogen and oxygen atoms in total. The van der Waals surface area contributed by atoms with Gasteiger partial charge in [-0.05, 0) is 50.4 Å². The van der Waals surface area contributed by atoms with Gasteiger partial charge in [0.05, 0.1) is 0 Å². The second-order valence-corrected chi connectivity index (χ2v) is 9.15. The van der Waals surface area contributed by atoms with E-state index in [2.05, 4.69) is 13.8 Å². The van der Waals surface area contributed by atoms with Crippen LogP contribution < -0.4 is 5.73 Å². The van der Waals surface area contributed by atoms with Gasteiger partial charge in [-0.1, -0.05) is 13.8 Å². The fraction of sp³-hybridized carbons (Fsp3) is 1.00. The summed E-state index contributed by atoms with van der Waals surface area (Å²) < 4.78 is 29.2. The average molecular weight is 317 g/mol. The summed E-state index contributed by atoms with van der Waals surface area (Å²) in [5.41, 5.74) is 5.63. The van der Waals surface area contributed by atoms with E-state index in [0.717, 1.165) is 38.5 Å². The van der Waals surface area contributed by atoms with Crippen molar-refractivity contribution in [1.82, 2.24) is 8.61 Å². The lowest BCUT2D eigenvalue weighted by molar-refractivity contribution is 0.124. The molecule has 1 aliphatic carbocycles. The summed E-state index contributed by atoms with van der Waals surface area (Å²) >= 11 is 0. The Morgan fingerprint density at radius 3 is 2.33 bits per heavy atom. The fourth-order valence-electron chi connectivity index (χ4n) is 3.72. The second kappa shape index (κ2) is 6.52. The third-order valence-corrected chi connectivity index (χ3v) is 7.61. The van der Waals surface area contributed by atoms with E-state index in [1.165, 1.54) is 0 Å². The predicted octanol–water partition coefficient (Wildman–Crippen LogP) is 1.80. The van der Waals surface area contributed by atoms with Gasteiger partial charge in [-0.15, -0.1) is 0 Å². The van der Waals surface area contributed by atoms with Crippen LogP contribution in [0.25, 0.3) is 0 Å². The lowest BCUT2D eigenvalue weighted by Crippen LogP contribution is -2.60. The Morgan fingerprint density at radius 1 is 1.19 bits per heavy atom. The van der Waals surface area contributed by atoms with Crippen LogP contribution in [0.15, 0.2) is 0 Å². The highest BCUT2D eigenvalue weighted by Crippen LogP contribution is 2.37. The number of piperidine rings is 1. The molecule has 124 valence electrons. The average Bonchev–Trinajstić information content (AvgIpc) is 2.48. The first-order valence-corrected chi connectivity index (χ1v) is 9.66. The maximum atomic E-state index is 13.0. The van der Waals surface area contributed by atoms with Gasteiger partial charge in [0.2, 0.25) is 0 Å². The lowest BCUT2D eigenvalue weighted by Gasteiger charge is -2.46. The van der Waals surface area contributed by atoms with Crippen LogP contribution in [0, 0.1) is 11.8 Å². The minimum absolute atomic E-state index is 0.383. The van der Waals surface area contributed by atoms with Crippen LogP contribution in [0.5, 0.6) is 0 Å². The smallest absolute Gasteiger partial charge is 0.282 e. The Kier molecular flexibility index (Phi) is 5.34. The zero-order valence-electron chi connectivity index (χ0n) is 13.7. The van der Waals surface area contributed by atoms with Crippen molar-refractivity contribution < 1.29 is 8.42 Å². The molecule has 0 bridgehead atoms. The number of likely N-dealkylation sites (N-methyl/N-ethyl adjacent to an activating group) is 1. The van der Waals surface area contributed by atoms with Gasteiger partial charge in [-0.2, -0.15) is 17.0 Å². The van der Waals surface area contributed by atoms with Gasteiger partial charge in [0, 0.05) is 32.2 Å². The molecule has 2 N–H and O–H groups in total. The summed E-state index contributed by atoms with van der Waals surface area (Å²) in [7, 11) is -1.66. The molecule has 1 aliphatic heterocycles. The van der Waals surface area contributed by atoms with Crippen LogP contribution >= 0.6 is 0 Å². The third-order valence-electron chi connectivity index (χ3n) is 5.55. The van der Waals surface area contributed by atoms with Crippen LogP contribution in [0.1, 0.15) is 52.4 Å². The highest BCUT2D eigenvalue weighted by Gasteiger charge is 2.44. The fourth-order valence-corrected chi connectivity index (χ4v) is 5.62. The maximum absolute atomic E-state index is 13.0. The molecular weight excluding hydrogens is 286 g/mol. The molecule has 1 heterocycles. The van der Waals surface area contributed by atoms with E-state index in [4.69, 9.17) is 5.73 Å². The van der Waals surface area contributed by atoms with Crippen molar-refractivity contribution in [2.75, 3.05) is 26.7 Å². The van der Waals surface area contributed by atoms with E-state index < -0.39 is 10.2 Å². The van der Waals surface area contributed by atoms with Crippen LogP contribution in [0.4, 0.5) is 0 Å². The first-order chi connectivity index (χ1) is 9.82. The van der Waals surface area contributed by atoms with E-state index in [1.807, 2.05) is 0 Å². The Labute approximate surface area is 130 Å². The molecule has 2 fully saturated rings. The Hall–Kier alpha value is -0.170. The van der Waals surface area contributed by atoms with E-state index in [0.29, 0.717) is 31.5 Å². The first-order valence-electron chi connectivity index (χ1n) is 8.26. The number of nitrogens with two attached hydrogens (primary N) is 1. The van der Waals surface area contributed by atoms with Crippen molar-refractivity contribution in [3.05, 3.63) is 0 Å². The summed E-state index contributed by atoms with van der Waals surface area (Å²) in [5.74, 6) is 1.12. The SMILES string of the molecule is CC1CCC(CN)(N(C)S(=O)(=O)N2CCCC(C)C2)CC1. The number of hydrogen-bond acceptors (Lipinski definition) is 3. The van der Waals surface area contributed by atoms with Crippen LogP contribution in [-0.4, -0.2) is 49.2 Å². The molecule has 0 radical (unpaired) electrons. The van der Waals surface area contributed by atoms with Crippen molar-refractivity contribution in [2.45, 2.75) is 57.9 Å². The number of nitrogens with zero attached hydrogens (tertiary/aromatic N) is 2. The van der Waals surface area contributed by atoms with E-state index in [-0.39, 0.29) is 5.54 Å². The standard InChI is InChI=1S/C15H31N3O2S/c1-13-6-8-15(12-16,9-7-13)17(3)21(19,20)18-10-4-5-14(2)11-18/h13-14H,4-12,16H2,1-3H3. The van der Waals surface area contributed by atoms with Gasteiger partial charge >= 0.3 is 0 Å². The summed E-state index contributed by atoms with van der Waals surface area (Å²) in [6, 6.07) is 0. The van der Waals surface area contributed by atoms with Crippen LogP contribution in [0.3, 0.4) is 0 Å². The van der Waals surface area contributed by atoms with Crippen molar-refractivity contribution in [2.24, 2.45) is 17.6 Å². The maximum Gasteiger partial charge on any atom is 0.282 e. The molecule has 0 aromatic rings. The Balaban J connectivity index is 2.17. The van der Waals surface area contributed by atoms with Crippen molar-refractivity contribution in [1.29, 1.82) is 0 Å². The molecule has 1 atom stereocenters. The van der Waals surface area contributed by atoms with Crippen LogP contribution in [-0.2, 0) is 10.2 Å². The summed E-state index contributed by atoms with van der Waals surface area (Å²) in [6.45, 7) is 6.07. The molecule has 1 saturated heterocycles. The first kappa shape index (κ1) is 17.2. The van der Waals surface area contributed by atoms with Gasteiger partial charge < -0.3 is 5.73 Å². The van der Waals surface area contributed by atoms with Gasteiger partial charge in [-0.25, -0.2) is 0 Å². The Morgan fingerprint density at radius 2 is 1.81 bits per heavy atom. The summed E-state index contributed by atoms with van der Waals surface area (Å²) in [4.78, 5) is 0. The molecule has 0 aromatic heterocycles. The molecule has 0 amide bonds. The van der Waals surface area contributed by atoms with Gasteiger partial charge in [-0.3, -0.25) is 0 Å². The quantitative estimate of drug-likeness (QED) is 0.860. The summed E-state index contributed by atoms with van der Waals surface area (Å²) in [5, 5.41) is 0. The lowest BCUT2D eigenvalue weighted by atomic mass is 9.77. The van der Waals surface area contributed by atoms with Crippen molar-refractivity contribution >= 4 is 10.2 Å². The number of hydrogen-bond donors (Lipinski definition) is 1. The normalized spacial score (nSPS) is 36.0. The van der Waals surface area contributed by atoms with Crippen molar-refractivity contribution in [3.8, 4) is 0 Å². The highest BCUT2D eigenvalue weighted by atomic mass is 32.2. The third kappa shape index (κ3) is 3.44. The molecule has 6 heteroatoms. The van der Waals surface area contributed by atoms with Gasteiger partial charge in [0.1, 0.15) is 0 Å². The number of rotatable bonds is 4. The predicted molar refractivity (Wildman–Crippen MR) is 86.1 cm³/mol.